The quantitative estimate of drug-likeness (QED) is 0.280. The van der Waals surface area contributed by atoms with Crippen molar-refractivity contribution in [3.05, 3.63) is 80.2 Å². The van der Waals surface area contributed by atoms with Gasteiger partial charge in [0.1, 0.15) is 5.75 Å². The Labute approximate surface area is 180 Å². The van der Waals surface area contributed by atoms with Crippen molar-refractivity contribution in [1.82, 2.24) is 9.99 Å². The van der Waals surface area contributed by atoms with Crippen LogP contribution in [0.4, 0.5) is 0 Å². The van der Waals surface area contributed by atoms with Gasteiger partial charge in [-0.1, -0.05) is 12.1 Å². The molecule has 0 fully saturated rings. The first-order valence-corrected chi connectivity index (χ1v) is 9.71. The van der Waals surface area contributed by atoms with Gasteiger partial charge >= 0.3 is 5.97 Å². The van der Waals surface area contributed by atoms with E-state index in [4.69, 9.17) is 0 Å². The predicted molar refractivity (Wildman–Crippen MR) is 118 cm³/mol. The van der Waals surface area contributed by atoms with Crippen molar-refractivity contribution in [2.45, 2.75) is 13.8 Å². The third kappa shape index (κ3) is 4.32. The number of aromatic carboxylic acids is 1. The number of aromatic hydroxyl groups is 1. The number of aryl methyl sites for hydroxylation is 1. The van der Waals surface area contributed by atoms with E-state index in [0.29, 0.717) is 14.8 Å². The summed E-state index contributed by atoms with van der Waals surface area (Å²) in [6.45, 7) is 3.72. The van der Waals surface area contributed by atoms with E-state index >= 15 is 0 Å². The van der Waals surface area contributed by atoms with Crippen molar-refractivity contribution < 1.29 is 19.8 Å². The molecule has 0 aliphatic heterocycles. The lowest BCUT2D eigenvalue weighted by Crippen LogP contribution is -2.17. The van der Waals surface area contributed by atoms with Gasteiger partial charge in [-0.15, -0.1) is 0 Å². The lowest BCUT2D eigenvalue weighted by molar-refractivity contribution is 0.0696. The molecular weight excluding hydrogens is 485 g/mol. The molecule has 3 N–H and O–H groups in total. The molecule has 3 aromatic rings. The SMILES string of the molecule is Cc1cc(/C=N\NC(=O)c2ccc(I)c(O)c2)c(C)n1-c1ccccc1C(=O)O. The van der Waals surface area contributed by atoms with Gasteiger partial charge in [0.2, 0.25) is 0 Å². The number of rotatable bonds is 5. The molecule has 2 aromatic carbocycles. The van der Waals surface area contributed by atoms with Gasteiger partial charge < -0.3 is 14.8 Å². The van der Waals surface area contributed by atoms with Gasteiger partial charge in [0, 0.05) is 22.5 Å². The van der Waals surface area contributed by atoms with Gasteiger partial charge in [0.05, 0.1) is 21.0 Å². The molecule has 148 valence electrons. The molecule has 0 aliphatic carbocycles. The molecule has 7 nitrogen and oxygen atoms in total. The van der Waals surface area contributed by atoms with Crippen molar-refractivity contribution in [1.29, 1.82) is 0 Å². The Morgan fingerprint density at radius 3 is 2.55 bits per heavy atom. The number of para-hydroxylation sites is 1. The number of phenolic OH excluding ortho intramolecular Hbond substituents is 1. The lowest BCUT2D eigenvalue weighted by atomic mass is 10.1. The highest BCUT2D eigenvalue weighted by Gasteiger charge is 2.16. The number of carboxylic acids is 1. The highest BCUT2D eigenvalue weighted by Crippen LogP contribution is 2.23. The fraction of sp³-hybridized carbons (Fsp3) is 0.0952. The minimum Gasteiger partial charge on any atom is -0.507 e. The number of hydrazone groups is 1. The monoisotopic (exact) mass is 503 g/mol. The average Bonchev–Trinajstić information content (AvgIpc) is 2.97. The fourth-order valence-electron chi connectivity index (χ4n) is 3.02. The second-order valence-electron chi connectivity index (χ2n) is 6.35. The number of nitrogens with zero attached hydrogens (tertiary/aromatic N) is 2. The molecule has 3 rings (SSSR count). The Hall–Kier alpha value is -3.14. The Morgan fingerprint density at radius 2 is 1.86 bits per heavy atom. The smallest absolute Gasteiger partial charge is 0.337 e. The summed E-state index contributed by atoms with van der Waals surface area (Å²) < 4.78 is 2.49. The van der Waals surface area contributed by atoms with Crippen LogP contribution in [-0.2, 0) is 0 Å². The van der Waals surface area contributed by atoms with Crippen LogP contribution in [0.3, 0.4) is 0 Å². The number of hydrogen-bond acceptors (Lipinski definition) is 4. The van der Waals surface area contributed by atoms with Crippen LogP contribution in [0.2, 0.25) is 0 Å². The molecule has 8 heteroatoms. The highest BCUT2D eigenvalue weighted by atomic mass is 127. The average molecular weight is 503 g/mol. The van der Waals surface area contributed by atoms with Gasteiger partial charge in [-0.3, -0.25) is 4.79 Å². The summed E-state index contributed by atoms with van der Waals surface area (Å²) in [5.74, 6) is -1.42. The number of aromatic nitrogens is 1. The summed E-state index contributed by atoms with van der Waals surface area (Å²) in [7, 11) is 0. The number of hydrogen-bond donors (Lipinski definition) is 3. The van der Waals surface area contributed by atoms with E-state index in [2.05, 4.69) is 10.5 Å². The highest BCUT2D eigenvalue weighted by molar-refractivity contribution is 14.1. The number of carbonyl (C=O) groups excluding carboxylic acids is 1. The summed E-state index contributed by atoms with van der Waals surface area (Å²) >= 11 is 1.97. The van der Waals surface area contributed by atoms with E-state index in [9.17, 15) is 19.8 Å². The van der Waals surface area contributed by atoms with Crippen LogP contribution >= 0.6 is 22.6 Å². The molecule has 0 bridgehead atoms. The second kappa shape index (κ2) is 8.48. The van der Waals surface area contributed by atoms with E-state index in [-0.39, 0.29) is 11.3 Å². The van der Waals surface area contributed by atoms with Crippen molar-refractivity contribution in [3.8, 4) is 11.4 Å². The van der Waals surface area contributed by atoms with Crippen molar-refractivity contribution in [2.75, 3.05) is 0 Å². The number of benzene rings is 2. The number of amides is 1. The molecule has 0 spiro atoms. The van der Waals surface area contributed by atoms with Crippen LogP contribution in [0.25, 0.3) is 5.69 Å². The van der Waals surface area contributed by atoms with Crippen molar-refractivity contribution >= 4 is 40.7 Å². The summed E-state index contributed by atoms with van der Waals surface area (Å²) in [4.78, 5) is 23.7. The largest absolute Gasteiger partial charge is 0.507 e. The Bertz CT molecular complexity index is 1130. The van der Waals surface area contributed by atoms with E-state index in [1.165, 1.54) is 12.3 Å². The maximum Gasteiger partial charge on any atom is 0.337 e. The molecule has 0 saturated carbocycles. The van der Waals surface area contributed by atoms with Crippen molar-refractivity contribution in [2.24, 2.45) is 5.10 Å². The van der Waals surface area contributed by atoms with Crippen LogP contribution < -0.4 is 5.43 Å². The normalized spacial score (nSPS) is 11.0. The first-order valence-electron chi connectivity index (χ1n) is 8.63. The van der Waals surface area contributed by atoms with E-state index in [1.54, 1.807) is 36.4 Å². The van der Waals surface area contributed by atoms with E-state index in [1.807, 2.05) is 47.1 Å². The van der Waals surface area contributed by atoms with Crippen LogP contribution in [0.5, 0.6) is 5.75 Å². The van der Waals surface area contributed by atoms with Crippen LogP contribution in [0.15, 0.2) is 53.6 Å². The third-order valence-electron chi connectivity index (χ3n) is 4.42. The molecule has 29 heavy (non-hydrogen) atoms. The maximum atomic E-state index is 12.2. The molecule has 0 unspecified atom stereocenters. The molecule has 1 aromatic heterocycles. The Balaban J connectivity index is 1.85. The minimum atomic E-state index is -1.00. The van der Waals surface area contributed by atoms with E-state index < -0.39 is 11.9 Å². The van der Waals surface area contributed by atoms with Crippen molar-refractivity contribution in [3.63, 3.8) is 0 Å². The zero-order valence-corrected chi connectivity index (χ0v) is 17.8. The van der Waals surface area contributed by atoms with Gasteiger partial charge in [-0.2, -0.15) is 5.10 Å². The van der Waals surface area contributed by atoms with Gasteiger partial charge in [-0.05, 0) is 72.8 Å². The maximum absolute atomic E-state index is 12.2. The van der Waals surface area contributed by atoms with Crippen LogP contribution in [0.1, 0.15) is 37.7 Å². The molecule has 0 aliphatic rings. The fourth-order valence-corrected chi connectivity index (χ4v) is 3.35. The molecule has 1 heterocycles. The third-order valence-corrected chi connectivity index (χ3v) is 5.34. The number of halogens is 1. The predicted octanol–water partition coefficient (Wildman–Crippen LogP) is 3.87. The summed E-state index contributed by atoms with van der Waals surface area (Å²) in [5, 5.41) is 23.2. The summed E-state index contributed by atoms with van der Waals surface area (Å²) in [6, 6.07) is 13.2. The van der Waals surface area contributed by atoms with Gasteiger partial charge in [0.15, 0.2) is 0 Å². The molecular formula is C21H18IN3O4. The zero-order chi connectivity index (χ0) is 21.1. The number of carbonyl (C=O) groups is 2. The number of phenols is 1. The van der Waals surface area contributed by atoms with E-state index in [0.717, 1.165) is 17.0 Å². The zero-order valence-electron chi connectivity index (χ0n) is 15.7. The first kappa shape index (κ1) is 20.6. The molecule has 0 radical (unpaired) electrons. The topological polar surface area (TPSA) is 104 Å². The lowest BCUT2D eigenvalue weighted by Gasteiger charge is -2.12. The summed E-state index contributed by atoms with van der Waals surface area (Å²) in [5.41, 5.74) is 5.86. The van der Waals surface area contributed by atoms with Gasteiger partial charge in [0.25, 0.3) is 5.91 Å². The molecule has 1 amide bonds. The van der Waals surface area contributed by atoms with Gasteiger partial charge in [-0.25, -0.2) is 10.2 Å². The standard InChI is InChI=1S/C21H18IN3O4/c1-12-9-15(11-23-24-20(27)14-7-8-17(22)19(26)10-14)13(2)25(12)18-6-4-3-5-16(18)21(28)29/h3-11,26H,1-2H3,(H,24,27)(H,28,29)/b23-11-. The molecule has 0 saturated heterocycles. The minimum absolute atomic E-state index is 0.0304. The van der Waals surface area contributed by atoms with Crippen LogP contribution in [0, 0.1) is 17.4 Å². The first-order chi connectivity index (χ1) is 13.8. The second-order valence-corrected chi connectivity index (χ2v) is 7.51. The Morgan fingerprint density at radius 1 is 1.14 bits per heavy atom. The Kier molecular flexibility index (Phi) is 6.02. The van der Waals surface area contributed by atoms with Crippen LogP contribution in [-0.4, -0.2) is 32.9 Å². The number of nitrogens with one attached hydrogen (secondary N) is 1. The number of carboxylic acid groups (broad SMARTS) is 1. The summed E-state index contributed by atoms with van der Waals surface area (Å²) in [6.07, 6.45) is 1.51. The molecule has 0 atom stereocenters.